The van der Waals surface area contributed by atoms with Crippen LogP contribution in [0.2, 0.25) is 0 Å². The van der Waals surface area contributed by atoms with Crippen molar-refractivity contribution in [3.63, 3.8) is 0 Å². The van der Waals surface area contributed by atoms with Gasteiger partial charge in [-0.1, -0.05) is 34.1 Å². The van der Waals surface area contributed by atoms with Gasteiger partial charge in [0.15, 0.2) is 0 Å². The first-order chi connectivity index (χ1) is 8.11. The molecule has 0 radical (unpaired) electrons. The molecule has 0 fully saturated rings. The number of rotatable bonds is 10. The summed E-state index contributed by atoms with van der Waals surface area (Å²) >= 11 is 0. The molecule has 0 aliphatic heterocycles. The summed E-state index contributed by atoms with van der Waals surface area (Å²) in [6.45, 7) is 10.5. The Balaban J connectivity index is 3.27. The van der Waals surface area contributed by atoms with Gasteiger partial charge < -0.3 is 10.1 Å². The standard InChI is InChI=1S/C14H29NO2/c1-5-12(3)8-7-10-17-11-9-15-14(16)13(4)6-2/h12-13H,5-11H2,1-4H3,(H,15,16). The Morgan fingerprint density at radius 1 is 1.18 bits per heavy atom. The van der Waals surface area contributed by atoms with E-state index in [1.54, 1.807) is 0 Å². The van der Waals surface area contributed by atoms with Gasteiger partial charge in [-0.25, -0.2) is 0 Å². The van der Waals surface area contributed by atoms with E-state index in [2.05, 4.69) is 19.2 Å². The summed E-state index contributed by atoms with van der Waals surface area (Å²) < 4.78 is 5.48. The van der Waals surface area contributed by atoms with Crippen LogP contribution in [0.3, 0.4) is 0 Å². The van der Waals surface area contributed by atoms with Crippen LogP contribution < -0.4 is 5.32 Å². The number of hydrogen-bond donors (Lipinski definition) is 1. The molecule has 2 atom stereocenters. The highest BCUT2D eigenvalue weighted by Gasteiger charge is 2.08. The van der Waals surface area contributed by atoms with Crippen LogP contribution in [0.4, 0.5) is 0 Å². The van der Waals surface area contributed by atoms with Gasteiger partial charge in [0.1, 0.15) is 0 Å². The van der Waals surface area contributed by atoms with Gasteiger partial charge in [0, 0.05) is 19.1 Å². The third-order valence-electron chi connectivity index (χ3n) is 3.29. The number of carbonyl (C=O) groups excluding carboxylic acids is 1. The largest absolute Gasteiger partial charge is 0.380 e. The van der Waals surface area contributed by atoms with E-state index in [4.69, 9.17) is 4.74 Å². The van der Waals surface area contributed by atoms with Crippen LogP contribution in [0.5, 0.6) is 0 Å². The van der Waals surface area contributed by atoms with E-state index >= 15 is 0 Å². The van der Waals surface area contributed by atoms with Gasteiger partial charge in [0.2, 0.25) is 5.91 Å². The molecule has 0 aliphatic carbocycles. The van der Waals surface area contributed by atoms with Crippen LogP contribution in [0.1, 0.15) is 53.4 Å². The van der Waals surface area contributed by atoms with Crippen LogP contribution in [0.15, 0.2) is 0 Å². The Kier molecular flexibility index (Phi) is 10.2. The SMILES string of the molecule is CCC(C)CCCOCCNC(=O)C(C)CC. The summed E-state index contributed by atoms with van der Waals surface area (Å²) in [5.41, 5.74) is 0. The van der Waals surface area contributed by atoms with Crippen molar-refractivity contribution in [2.75, 3.05) is 19.8 Å². The molecule has 0 saturated carbocycles. The lowest BCUT2D eigenvalue weighted by atomic mass is 10.0. The van der Waals surface area contributed by atoms with Gasteiger partial charge in [0.25, 0.3) is 0 Å². The second-order valence-electron chi connectivity index (χ2n) is 4.87. The molecule has 0 aromatic heterocycles. The average molecular weight is 243 g/mol. The van der Waals surface area contributed by atoms with E-state index in [-0.39, 0.29) is 11.8 Å². The summed E-state index contributed by atoms with van der Waals surface area (Å²) in [4.78, 5) is 11.4. The van der Waals surface area contributed by atoms with E-state index in [1.165, 1.54) is 12.8 Å². The number of carbonyl (C=O) groups is 1. The summed E-state index contributed by atoms with van der Waals surface area (Å²) in [7, 11) is 0. The van der Waals surface area contributed by atoms with Crippen molar-refractivity contribution < 1.29 is 9.53 Å². The minimum absolute atomic E-state index is 0.111. The predicted octanol–water partition coefficient (Wildman–Crippen LogP) is 2.99. The Morgan fingerprint density at radius 2 is 1.88 bits per heavy atom. The topological polar surface area (TPSA) is 38.3 Å². The molecule has 2 unspecified atom stereocenters. The molecule has 0 aromatic rings. The van der Waals surface area contributed by atoms with Crippen LogP contribution in [0.25, 0.3) is 0 Å². The normalized spacial score (nSPS) is 14.4. The first-order valence-electron chi connectivity index (χ1n) is 6.97. The summed E-state index contributed by atoms with van der Waals surface area (Å²) in [5.74, 6) is 1.04. The third-order valence-corrected chi connectivity index (χ3v) is 3.29. The van der Waals surface area contributed by atoms with Gasteiger partial charge in [0.05, 0.1) is 6.61 Å². The van der Waals surface area contributed by atoms with E-state index in [9.17, 15) is 4.79 Å². The highest BCUT2D eigenvalue weighted by molar-refractivity contribution is 5.78. The van der Waals surface area contributed by atoms with Crippen molar-refractivity contribution in [3.05, 3.63) is 0 Å². The molecule has 102 valence electrons. The van der Waals surface area contributed by atoms with Gasteiger partial charge in [-0.3, -0.25) is 4.79 Å². The zero-order chi connectivity index (χ0) is 13.1. The molecule has 0 rings (SSSR count). The van der Waals surface area contributed by atoms with E-state index in [1.807, 2.05) is 13.8 Å². The van der Waals surface area contributed by atoms with Crippen LogP contribution in [0, 0.1) is 11.8 Å². The van der Waals surface area contributed by atoms with E-state index < -0.39 is 0 Å². The van der Waals surface area contributed by atoms with Crippen molar-refractivity contribution in [2.45, 2.75) is 53.4 Å². The van der Waals surface area contributed by atoms with Crippen molar-refractivity contribution in [3.8, 4) is 0 Å². The molecule has 0 aliphatic rings. The molecule has 1 N–H and O–H groups in total. The summed E-state index contributed by atoms with van der Waals surface area (Å²) in [6, 6.07) is 0. The first-order valence-corrected chi connectivity index (χ1v) is 6.97. The number of hydrogen-bond acceptors (Lipinski definition) is 2. The third kappa shape index (κ3) is 9.16. The van der Waals surface area contributed by atoms with Crippen molar-refractivity contribution >= 4 is 5.91 Å². The Bertz CT molecular complexity index is 195. The highest BCUT2D eigenvalue weighted by atomic mass is 16.5. The predicted molar refractivity (Wildman–Crippen MR) is 72.0 cm³/mol. The molecular weight excluding hydrogens is 214 g/mol. The van der Waals surface area contributed by atoms with Crippen molar-refractivity contribution in [1.29, 1.82) is 0 Å². The lowest BCUT2D eigenvalue weighted by molar-refractivity contribution is -0.124. The first kappa shape index (κ1) is 16.4. The number of amides is 1. The highest BCUT2D eigenvalue weighted by Crippen LogP contribution is 2.08. The Morgan fingerprint density at radius 3 is 2.47 bits per heavy atom. The molecule has 0 heterocycles. The number of nitrogens with one attached hydrogen (secondary N) is 1. The molecule has 0 bridgehead atoms. The molecular formula is C14H29NO2. The van der Waals surface area contributed by atoms with Gasteiger partial charge >= 0.3 is 0 Å². The molecule has 1 amide bonds. The summed E-state index contributed by atoms with van der Waals surface area (Å²) in [6.07, 6.45) is 4.48. The van der Waals surface area contributed by atoms with Crippen molar-refractivity contribution in [1.82, 2.24) is 5.32 Å². The maximum absolute atomic E-state index is 11.4. The Hall–Kier alpha value is -0.570. The zero-order valence-corrected chi connectivity index (χ0v) is 11.9. The second-order valence-corrected chi connectivity index (χ2v) is 4.87. The van der Waals surface area contributed by atoms with Crippen LogP contribution >= 0.6 is 0 Å². The molecule has 17 heavy (non-hydrogen) atoms. The van der Waals surface area contributed by atoms with Crippen LogP contribution in [-0.2, 0) is 9.53 Å². The smallest absolute Gasteiger partial charge is 0.222 e. The number of ether oxygens (including phenoxy) is 1. The molecule has 0 aromatic carbocycles. The van der Waals surface area contributed by atoms with Crippen LogP contribution in [-0.4, -0.2) is 25.7 Å². The molecule has 0 spiro atoms. The average Bonchev–Trinajstić information content (AvgIpc) is 2.35. The molecule has 0 saturated heterocycles. The van der Waals surface area contributed by atoms with E-state index in [0.717, 1.165) is 25.4 Å². The minimum Gasteiger partial charge on any atom is -0.380 e. The summed E-state index contributed by atoms with van der Waals surface area (Å²) in [5, 5.41) is 2.88. The lowest BCUT2D eigenvalue weighted by Crippen LogP contribution is -2.31. The van der Waals surface area contributed by atoms with Gasteiger partial charge in [-0.2, -0.15) is 0 Å². The second kappa shape index (κ2) is 10.6. The fourth-order valence-electron chi connectivity index (χ4n) is 1.45. The minimum atomic E-state index is 0.111. The molecule has 3 heteroatoms. The monoisotopic (exact) mass is 243 g/mol. The quantitative estimate of drug-likeness (QED) is 0.599. The molecule has 3 nitrogen and oxygen atoms in total. The van der Waals surface area contributed by atoms with E-state index in [0.29, 0.717) is 13.2 Å². The van der Waals surface area contributed by atoms with Gasteiger partial charge in [-0.05, 0) is 25.2 Å². The fraction of sp³-hybridized carbons (Fsp3) is 0.929. The maximum Gasteiger partial charge on any atom is 0.222 e. The zero-order valence-electron chi connectivity index (χ0n) is 11.9. The van der Waals surface area contributed by atoms with Crippen molar-refractivity contribution in [2.24, 2.45) is 11.8 Å². The van der Waals surface area contributed by atoms with Gasteiger partial charge in [-0.15, -0.1) is 0 Å². The fourth-order valence-corrected chi connectivity index (χ4v) is 1.45. The lowest BCUT2D eigenvalue weighted by Gasteiger charge is -2.11. The maximum atomic E-state index is 11.4. The Labute approximate surface area is 106 Å².